The summed E-state index contributed by atoms with van der Waals surface area (Å²) in [6, 6.07) is 16.6. The Morgan fingerprint density at radius 3 is 2.28 bits per heavy atom. The molecule has 4 rings (SSSR count). The van der Waals surface area contributed by atoms with Crippen molar-refractivity contribution in [2.75, 3.05) is 11.9 Å². The lowest BCUT2D eigenvalue weighted by atomic mass is 10.0. The number of carbonyl (C=O) groups excluding carboxylic acids is 3. The van der Waals surface area contributed by atoms with Gasteiger partial charge in [0.2, 0.25) is 5.91 Å². The first-order valence-electron chi connectivity index (χ1n) is 13.0. The molecule has 4 atom stereocenters. The summed E-state index contributed by atoms with van der Waals surface area (Å²) >= 11 is 0. The Bertz CT molecular complexity index is 1370. The summed E-state index contributed by atoms with van der Waals surface area (Å²) in [6.07, 6.45) is -0.234. The summed E-state index contributed by atoms with van der Waals surface area (Å²) in [5.74, 6) is -1.26. The number of benzene rings is 3. The molecule has 0 radical (unpaired) electrons. The highest BCUT2D eigenvalue weighted by molar-refractivity contribution is 6.01. The summed E-state index contributed by atoms with van der Waals surface area (Å²) in [7, 11) is 0. The highest BCUT2D eigenvalue weighted by atomic mass is 16.6. The second kappa shape index (κ2) is 11.3. The van der Waals surface area contributed by atoms with Crippen molar-refractivity contribution in [2.45, 2.75) is 57.8 Å². The first-order valence-corrected chi connectivity index (χ1v) is 13.0. The molecule has 0 saturated heterocycles. The second-order valence-electron chi connectivity index (χ2n) is 10.9. The van der Waals surface area contributed by atoms with E-state index >= 15 is 0 Å². The second-order valence-corrected chi connectivity index (χ2v) is 10.9. The van der Waals surface area contributed by atoms with Crippen molar-refractivity contribution in [3.63, 3.8) is 0 Å². The molecule has 9 nitrogen and oxygen atoms in total. The van der Waals surface area contributed by atoms with Crippen molar-refractivity contribution in [1.29, 1.82) is 0 Å². The number of nitrogens with one attached hydrogen (secondary N) is 2. The summed E-state index contributed by atoms with van der Waals surface area (Å²) in [6.45, 7) is 6.31. The van der Waals surface area contributed by atoms with E-state index < -0.39 is 42.2 Å². The quantitative estimate of drug-likeness (QED) is 0.341. The minimum absolute atomic E-state index is 0.0802. The number of aliphatic hydroxyl groups excluding tert-OH is 1. The van der Waals surface area contributed by atoms with E-state index in [1.807, 2.05) is 43.3 Å². The van der Waals surface area contributed by atoms with Crippen LogP contribution in [0.5, 0.6) is 5.75 Å². The Morgan fingerprint density at radius 2 is 1.67 bits per heavy atom. The van der Waals surface area contributed by atoms with Crippen LogP contribution in [0.25, 0.3) is 10.8 Å². The number of anilines is 1. The maximum Gasteiger partial charge on any atom is 0.408 e. The molecule has 4 unspecified atom stereocenters. The van der Waals surface area contributed by atoms with Crippen LogP contribution in [0.15, 0.2) is 66.7 Å². The maximum absolute atomic E-state index is 13.9. The number of aliphatic hydroxyl groups is 1. The molecule has 206 valence electrons. The summed E-state index contributed by atoms with van der Waals surface area (Å²) in [5, 5.41) is 28.1. The van der Waals surface area contributed by atoms with Crippen molar-refractivity contribution in [3.8, 4) is 5.75 Å². The summed E-state index contributed by atoms with van der Waals surface area (Å²) in [5.41, 5.74) is -0.0474. The van der Waals surface area contributed by atoms with E-state index in [9.17, 15) is 24.6 Å². The molecule has 0 spiro atoms. The SMILES string of the molecule is CC1CC1N(C(=O)C(CO)NC(=O)OC(C)(C)C)C(C(=O)Nc1ccc2ccccc2c1)c1ccccc1O. The molecule has 0 bridgehead atoms. The largest absolute Gasteiger partial charge is 0.508 e. The Morgan fingerprint density at radius 1 is 1.03 bits per heavy atom. The zero-order chi connectivity index (χ0) is 28.3. The first kappa shape index (κ1) is 27.9. The maximum atomic E-state index is 13.9. The van der Waals surface area contributed by atoms with Gasteiger partial charge < -0.3 is 30.5 Å². The number of aromatic hydroxyl groups is 1. The minimum Gasteiger partial charge on any atom is -0.508 e. The predicted octanol–water partition coefficient (Wildman–Crippen LogP) is 4.35. The average Bonchev–Trinajstić information content (AvgIpc) is 3.60. The number of fused-ring (bicyclic) bond motifs is 1. The highest BCUT2D eigenvalue weighted by Crippen LogP contribution is 2.42. The number of hydrogen-bond acceptors (Lipinski definition) is 6. The number of rotatable bonds is 8. The van der Waals surface area contributed by atoms with Gasteiger partial charge in [-0.3, -0.25) is 9.59 Å². The van der Waals surface area contributed by atoms with Gasteiger partial charge in [0.1, 0.15) is 23.4 Å². The van der Waals surface area contributed by atoms with E-state index in [-0.39, 0.29) is 23.3 Å². The van der Waals surface area contributed by atoms with Gasteiger partial charge in [-0.2, -0.15) is 0 Å². The van der Waals surface area contributed by atoms with Gasteiger partial charge >= 0.3 is 6.09 Å². The fraction of sp³-hybridized carbons (Fsp3) is 0.367. The molecule has 3 aromatic rings. The van der Waals surface area contributed by atoms with E-state index in [2.05, 4.69) is 10.6 Å². The molecular formula is C30H35N3O6. The topological polar surface area (TPSA) is 128 Å². The van der Waals surface area contributed by atoms with E-state index in [1.54, 1.807) is 45.0 Å². The monoisotopic (exact) mass is 533 g/mol. The predicted molar refractivity (Wildman–Crippen MR) is 148 cm³/mol. The molecule has 9 heteroatoms. The van der Waals surface area contributed by atoms with Gasteiger partial charge in [0.15, 0.2) is 0 Å². The van der Waals surface area contributed by atoms with Crippen LogP contribution in [0.4, 0.5) is 10.5 Å². The third-order valence-electron chi connectivity index (χ3n) is 6.63. The van der Waals surface area contributed by atoms with Gasteiger partial charge in [-0.25, -0.2) is 4.79 Å². The number of ether oxygens (including phenoxy) is 1. The molecule has 1 aliphatic carbocycles. The normalized spacial score (nSPS) is 18.1. The van der Waals surface area contributed by atoms with Gasteiger partial charge in [0, 0.05) is 17.3 Å². The number of alkyl carbamates (subject to hydrolysis) is 1. The van der Waals surface area contributed by atoms with Crippen LogP contribution in [0.3, 0.4) is 0 Å². The Balaban J connectivity index is 1.69. The standard InChI is InChI=1S/C30H35N3O6/c1-18-15-24(18)33(28(37)23(17-34)32-29(38)39-30(2,3)4)26(22-11-7-8-12-25(22)35)27(36)31-21-14-13-19-9-5-6-10-20(19)16-21/h5-14,16,18,23-24,26,34-35H,15,17H2,1-4H3,(H,31,36)(H,32,38). The zero-order valence-corrected chi connectivity index (χ0v) is 22.5. The average molecular weight is 534 g/mol. The lowest BCUT2D eigenvalue weighted by molar-refractivity contribution is -0.142. The highest BCUT2D eigenvalue weighted by Gasteiger charge is 2.48. The van der Waals surface area contributed by atoms with Gasteiger partial charge in [-0.15, -0.1) is 0 Å². The van der Waals surface area contributed by atoms with Crippen molar-refractivity contribution in [2.24, 2.45) is 5.92 Å². The lowest BCUT2D eigenvalue weighted by Crippen LogP contribution is -2.54. The molecule has 39 heavy (non-hydrogen) atoms. The van der Waals surface area contributed by atoms with E-state index in [0.29, 0.717) is 12.1 Å². The molecule has 0 aliphatic heterocycles. The fourth-order valence-electron chi connectivity index (χ4n) is 4.60. The van der Waals surface area contributed by atoms with Crippen LogP contribution in [0, 0.1) is 5.92 Å². The molecular weight excluding hydrogens is 498 g/mol. The van der Waals surface area contributed by atoms with Crippen molar-refractivity contribution >= 4 is 34.4 Å². The van der Waals surface area contributed by atoms with Crippen LogP contribution in [-0.2, 0) is 14.3 Å². The summed E-state index contributed by atoms with van der Waals surface area (Å²) < 4.78 is 5.27. The minimum atomic E-state index is -1.35. The zero-order valence-electron chi connectivity index (χ0n) is 22.5. The fourth-order valence-corrected chi connectivity index (χ4v) is 4.60. The number of phenolic OH excluding ortho intramolecular Hbond substituents is 1. The molecule has 1 fully saturated rings. The van der Waals surface area contributed by atoms with Crippen LogP contribution in [0.2, 0.25) is 0 Å². The smallest absolute Gasteiger partial charge is 0.408 e. The molecule has 3 aromatic carbocycles. The number of phenols is 1. The van der Waals surface area contributed by atoms with Crippen LogP contribution < -0.4 is 10.6 Å². The third kappa shape index (κ3) is 6.67. The van der Waals surface area contributed by atoms with Gasteiger partial charge in [-0.1, -0.05) is 55.5 Å². The van der Waals surface area contributed by atoms with E-state index in [1.165, 1.54) is 11.0 Å². The number of para-hydroxylation sites is 1. The van der Waals surface area contributed by atoms with E-state index in [0.717, 1.165) is 10.8 Å². The lowest BCUT2D eigenvalue weighted by Gasteiger charge is -2.34. The van der Waals surface area contributed by atoms with E-state index in [4.69, 9.17) is 4.74 Å². The Labute approximate surface area is 227 Å². The molecule has 0 heterocycles. The molecule has 4 N–H and O–H groups in total. The summed E-state index contributed by atoms with van der Waals surface area (Å²) in [4.78, 5) is 41.6. The van der Waals surface area contributed by atoms with Crippen LogP contribution >= 0.6 is 0 Å². The van der Waals surface area contributed by atoms with Gasteiger partial charge in [0.05, 0.1) is 6.61 Å². The van der Waals surface area contributed by atoms with Crippen molar-refractivity contribution < 1.29 is 29.3 Å². The molecule has 1 aliphatic rings. The molecule has 0 aromatic heterocycles. The van der Waals surface area contributed by atoms with Gasteiger partial charge in [-0.05, 0) is 62.1 Å². The number of nitrogens with zero attached hydrogens (tertiary/aromatic N) is 1. The number of hydrogen-bond donors (Lipinski definition) is 4. The van der Waals surface area contributed by atoms with Crippen molar-refractivity contribution in [1.82, 2.24) is 10.2 Å². The van der Waals surface area contributed by atoms with Crippen LogP contribution in [-0.4, -0.2) is 57.3 Å². The molecule has 1 saturated carbocycles. The number of carbonyl (C=O) groups is 3. The third-order valence-corrected chi connectivity index (χ3v) is 6.63. The molecule has 3 amide bonds. The van der Waals surface area contributed by atoms with Crippen LogP contribution in [0.1, 0.15) is 45.7 Å². The van der Waals surface area contributed by atoms with Crippen molar-refractivity contribution in [3.05, 3.63) is 72.3 Å². The number of amides is 3. The first-order chi connectivity index (χ1) is 18.5. The van der Waals surface area contributed by atoms with Gasteiger partial charge in [0.25, 0.3) is 5.91 Å². The Hall–Kier alpha value is -4.11. The Kier molecular flexibility index (Phi) is 8.11.